The first-order valence-corrected chi connectivity index (χ1v) is 9.96. The average Bonchev–Trinajstić information content (AvgIpc) is 2.62. The molecule has 3 atom stereocenters. The molecule has 0 unspecified atom stereocenters. The second-order valence-electron chi connectivity index (χ2n) is 5.72. The number of nitrogens with one attached hydrogen (secondary N) is 1. The van der Waals surface area contributed by atoms with Gasteiger partial charge in [0.05, 0.1) is 4.75 Å². The topological polar surface area (TPSA) is 95.9 Å². The van der Waals surface area contributed by atoms with E-state index in [1.165, 1.54) is 28.4 Å². The molecule has 2 fully saturated rings. The van der Waals surface area contributed by atoms with Gasteiger partial charge in [0.1, 0.15) is 17.2 Å². The Hall–Kier alpha value is -0.220. The van der Waals surface area contributed by atoms with Gasteiger partial charge >= 0.3 is 12.1 Å². The highest BCUT2D eigenvalue weighted by Crippen LogP contribution is 2.57. The number of carbonyl (C=O) groups is 3. The van der Waals surface area contributed by atoms with E-state index in [0.29, 0.717) is 0 Å². The summed E-state index contributed by atoms with van der Waals surface area (Å²) in [5.74, 6) is -1.71. The first-order chi connectivity index (χ1) is 10.9. The summed E-state index contributed by atoms with van der Waals surface area (Å²) in [4.78, 5) is 37.6. The summed E-state index contributed by atoms with van der Waals surface area (Å²) in [5, 5.41) is 11.4. The summed E-state index contributed by atoms with van der Waals surface area (Å²) < 4.78 is 1.95. The number of halogens is 3. The second-order valence-corrected chi connectivity index (χ2v) is 10.9. The van der Waals surface area contributed by atoms with Gasteiger partial charge in [-0.3, -0.25) is 15.0 Å². The molecule has 136 valence electrons. The molecule has 2 amide bonds. The summed E-state index contributed by atoms with van der Waals surface area (Å²) in [5.41, 5.74) is -1.95. The van der Waals surface area contributed by atoms with E-state index in [0.717, 1.165) is 0 Å². The van der Waals surface area contributed by atoms with Gasteiger partial charge in [0.25, 0.3) is 0 Å². The molecule has 2 rings (SSSR count). The average molecular weight is 438 g/mol. The lowest BCUT2D eigenvalue weighted by molar-refractivity contribution is -0.170. The quantitative estimate of drug-likeness (QED) is 0.514. The van der Waals surface area contributed by atoms with Gasteiger partial charge < -0.3 is 9.84 Å². The summed E-state index contributed by atoms with van der Waals surface area (Å²) in [6, 6.07) is 0. The van der Waals surface area contributed by atoms with E-state index in [1.54, 1.807) is 20.1 Å². The SMILES string of the molecule is CS[C@@H]1C(=O)N2[C@@H]1SC(C)(C)[C@]2(NC(=O)OCC(Cl)(Cl)Cl)C(=O)O. The Balaban J connectivity index is 2.28. The Labute approximate surface area is 162 Å². The molecule has 2 aliphatic rings. The number of alkyl halides is 3. The second kappa shape index (κ2) is 6.50. The molecular weight excluding hydrogens is 423 g/mol. The maximum atomic E-state index is 12.4. The van der Waals surface area contributed by atoms with Crippen molar-refractivity contribution in [1.82, 2.24) is 10.2 Å². The zero-order valence-electron chi connectivity index (χ0n) is 12.8. The number of rotatable bonds is 4. The van der Waals surface area contributed by atoms with E-state index in [1.807, 2.05) is 0 Å². The van der Waals surface area contributed by atoms with E-state index in [-0.39, 0.29) is 16.5 Å². The van der Waals surface area contributed by atoms with Gasteiger partial charge in [0.2, 0.25) is 15.4 Å². The van der Waals surface area contributed by atoms with Crippen LogP contribution in [0.3, 0.4) is 0 Å². The van der Waals surface area contributed by atoms with Crippen LogP contribution in [0.15, 0.2) is 0 Å². The van der Waals surface area contributed by atoms with Crippen molar-refractivity contribution >= 4 is 76.3 Å². The maximum Gasteiger partial charge on any atom is 0.409 e. The summed E-state index contributed by atoms with van der Waals surface area (Å²) in [6.45, 7) is 2.73. The fourth-order valence-corrected chi connectivity index (χ4v) is 5.71. The third-order valence-corrected chi connectivity index (χ3v) is 6.93. The van der Waals surface area contributed by atoms with Crippen molar-refractivity contribution in [2.45, 2.75) is 38.7 Å². The Morgan fingerprint density at radius 2 is 2.04 bits per heavy atom. The fraction of sp³-hybridized carbons (Fsp3) is 0.750. The molecule has 0 bridgehead atoms. The first kappa shape index (κ1) is 20.1. The molecule has 0 aromatic heterocycles. The molecule has 0 aliphatic carbocycles. The Bertz CT molecular complexity index is 586. The van der Waals surface area contributed by atoms with Crippen molar-refractivity contribution < 1.29 is 24.2 Å². The van der Waals surface area contributed by atoms with Crippen LogP contribution in [-0.2, 0) is 14.3 Å². The Morgan fingerprint density at radius 1 is 1.46 bits per heavy atom. The van der Waals surface area contributed by atoms with Crippen LogP contribution in [0.1, 0.15) is 13.8 Å². The lowest BCUT2D eigenvalue weighted by Crippen LogP contribution is -2.77. The molecule has 2 heterocycles. The van der Waals surface area contributed by atoms with Crippen LogP contribution in [-0.4, -0.2) is 65.7 Å². The third kappa shape index (κ3) is 3.13. The van der Waals surface area contributed by atoms with Crippen LogP contribution in [0.4, 0.5) is 4.79 Å². The van der Waals surface area contributed by atoms with Crippen molar-refractivity contribution in [2.24, 2.45) is 0 Å². The predicted molar refractivity (Wildman–Crippen MR) is 94.7 cm³/mol. The number of alkyl carbamates (subject to hydrolysis) is 1. The molecule has 24 heavy (non-hydrogen) atoms. The Morgan fingerprint density at radius 3 is 2.50 bits per heavy atom. The maximum absolute atomic E-state index is 12.4. The highest BCUT2D eigenvalue weighted by Gasteiger charge is 2.73. The molecule has 0 aromatic carbocycles. The zero-order valence-corrected chi connectivity index (χ0v) is 16.7. The van der Waals surface area contributed by atoms with Gasteiger partial charge in [-0.15, -0.1) is 23.5 Å². The van der Waals surface area contributed by atoms with Crippen molar-refractivity contribution in [1.29, 1.82) is 0 Å². The van der Waals surface area contributed by atoms with E-state index in [9.17, 15) is 19.5 Å². The summed E-state index contributed by atoms with van der Waals surface area (Å²) in [6.07, 6.45) is 0.690. The van der Waals surface area contributed by atoms with Crippen molar-refractivity contribution in [3.05, 3.63) is 0 Å². The monoisotopic (exact) mass is 436 g/mol. The van der Waals surface area contributed by atoms with Crippen LogP contribution in [0, 0.1) is 0 Å². The number of carboxylic acids is 1. The molecule has 0 spiro atoms. The van der Waals surface area contributed by atoms with Crippen LogP contribution in [0.2, 0.25) is 0 Å². The first-order valence-electron chi connectivity index (χ1n) is 6.66. The molecule has 7 nitrogen and oxygen atoms in total. The molecule has 2 saturated heterocycles. The van der Waals surface area contributed by atoms with Crippen molar-refractivity contribution in [3.63, 3.8) is 0 Å². The highest BCUT2D eigenvalue weighted by molar-refractivity contribution is 8.05. The summed E-state index contributed by atoms with van der Waals surface area (Å²) in [7, 11) is 0. The minimum atomic E-state index is -1.95. The highest BCUT2D eigenvalue weighted by atomic mass is 35.6. The van der Waals surface area contributed by atoms with Crippen molar-refractivity contribution in [3.8, 4) is 0 Å². The molecule has 0 radical (unpaired) electrons. The number of β-lactam (4-membered cyclic amide) rings is 1. The number of hydrogen-bond donors (Lipinski definition) is 2. The molecule has 0 saturated carbocycles. The largest absolute Gasteiger partial charge is 0.478 e. The van der Waals surface area contributed by atoms with E-state index in [4.69, 9.17) is 39.5 Å². The number of hydrogen-bond acceptors (Lipinski definition) is 6. The van der Waals surface area contributed by atoms with Gasteiger partial charge in [0, 0.05) is 0 Å². The van der Waals surface area contributed by atoms with Gasteiger partial charge in [0.15, 0.2) is 0 Å². The number of fused-ring (bicyclic) bond motifs is 1. The van der Waals surface area contributed by atoms with Gasteiger partial charge in [-0.1, -0.05) is 34.8 Å². The fourth-order valence-electron chi connectivity index (χ4n) is 2.76. The number of thioether (sulfide) groups is 2. The number of carbonyl (C=O) groups excluding carboxylic acids is 2. The number of aliphatic carboxylic acids is 1. The molecule has 2 N–H and O–H groups in total. The third-order valence-electron chi connectivity index (χ3n) is 3.86. The number of ether oxygens (including phenoxy) is 1. The van der Waals surface area contributed by atoms with Crippen molar-refractivity contribution in [2.75, 3.05) is 12.9 Å². The van der Waals surface area contributed by atoms with Crippen LogP contribution < -0.4 is 5.32 Å². The zero-order chi connectivity index (χ0) is 18.5. The van der Waals surface area contributed by atoms with E-state index in [2.05, 4.69) is 5.32 Å². The molecule has 0 aromatic rings. The minimum absolute atomic E-state index is 0.352. The van der Waals surface area contributed by atoms with Gasteiger partial charge in [-0.2, -0.15) is 0 Å². The normalized spacial score (nSPS) is 31.2. The smallest absolute Gasteiger partial charge is 0.409 e. The molecule has 12 heteroatoms. The van der Waals surface area contributed by atoms with E-state index < -0.39 is 32.9 Å². The standard InChI is InChI=1S/C12H15Cl3N2O5S2/c1-10(2)12(8(19)20,16-9(21)22-4-11(13,14)15)17-6(18)5(23-3)7(17)24-10/h5,7H,4H2,1-3H3,(H,16,21)(H,19,20)/t5-,7-,12+/m1/s1. The number of carboxylic acid groups (broad SMARTS) is 1. The Kier molecular flexibility index (Phi) is 5.44. The molecular formula is C12H15Cl3N2O5S2. The number of amides is 2. The van der Waals surface area contributed by atoms with Gasteiger partial charge in [-0.25, -0.2) is 9.59 Å². The lowest BCUT2D eigenvalue weighted by Gasteiger charge is -2.49. The molecule has 2 aliphatic heterocycles. The lowest BCUT2D eigenvalue weighted by atomic mass is 9.90. The van der Waals surface area contributed by atoms with E-state index >= 15 is 0 Å². The van der Waals surface area contributed by atoms with Crippen LogP contribution in [0.25, 0.3) is 0 Å². The minimum Gasteiger partial charge on any atom is -0.478 e. The van der Waals surface area contributed by atoms with Crippen LogP contribution in [0.5, 0.6) is 0 Å². The predicted octanol–water partition coefficient (Wildman–Crippen LogP) is 2.29. The summed E-state index contributed by atoms with van der Waals surface area (Å²) >= 11 is 19.2. The number of nitrogens with zero attached hydrogens (tertiary/aromatic N) is 1. The van der Waals surface area contributed by atoms with Gasteiger partial charge in [-0.05, 0) is 20.1 Å². The van der Waals surface area contributed by atoms with Crippen LogP contribution >= 0.6 is 58.3 Å².